The Hall–Kier alpha value is -1.49. The third-order valence-corrected chi connectivity index (χ3v) is 3.26. The van der Waals surface area contributed by atoms with Crippen LogP contribution in [0.1, 0.15) is 24.2 Å². The smallest absolute Gasteiger partial charge is 0.255 e. The second-order valence-corrected chi connectivity index (χ2v) is 5.36. The summed E-state index contributed by atoms with van der Waals surface area (Å²) >= 11 is 0. The fraction of sp³-hybridized carbons (Fsp3) is 0.571. The highest BCUT2D eigenvalue weighted by Crippen LogP contribution is 2.09. The zero-order valence-electron chi connectivity index (χ0n) is 11.5. The number of aromatic nitrogens is 1. The van der Waals surface area contributed by atoms with Crippen molar-refractivity contribution in [3.63, 3.8) is 0 Å². The second kappa shape index (κ2) is 6.10. The van der Waals surface area contributed by atoms with Crippen LogP contribution in [0.3, 0.4) is 0 Å². The average molecular weight is 265 g/mol. The first kappa shape index (κ1) is 13.9. The highest BCUT2D eigenvalue weighted by Gasteiger charge is 2.22. The van der Waals surface area contributed by atoms with E-state index in [0.29, 0.717) is 11.5 Å². The number of piperazine rings is 1. The lowest BCUT2D eigenvalue weighted by atomic mass is 10.1. The molecule has 19 heavy (non-hydrogen) atoms. The Bertz CT molecular complexity index is 425. The van der Waals surface area contributed by atoms with Crippen LogP contribution in [-0.4, -0.2) is 53.4 Å². The fourth-order valence-corrected chi connectivity index (χ4v) is 2.33. The number of halogens is 1. The quantitative estimate of drug-likeness (QED) is 0.779. The first-order valence-electron chi connectivity index (χ1n) is 6.69. The Morgan fingerprint density at radius 2 is 2.00 bits per heavy atom. The van der Waals surface area contributed by atoms with Crippen LogP contribution in [0.5, 0.6) is 0 Å². The molecule has 0 atom stereocenters. The third-order valence-electron chi connectivity index (χ3n) is 3.26. The van der Waals surface area contributed by atoms with Crippen molar-refractivity contribution in [2.45, 2.75) is 13.8 Å². The third kappa shape index (κ3) is 3.73. The van der Waals surface area contributed by atoms with E-state index in [-0.39, 0.29) is 5.91 Å². The van der Waals surface area contributed by atoms with Crippen molar-refractivity contribution in [1.29, 1.82) is 0 Å². The lowest BCUT2D eigenvalue weighted by molar-refractivity contribution is 0.0623. The van der Waals surface area contributed by atoms with Crippen molar-refractivity contribution in [2.24, 2.45) is 5.92 Å². The Kier molecular flexibility index (Phi) is 4.47. The molecule has 0 bridgehead atoms. The van der Waals surface area contributed by atoms with Crippen LogP contribution in [0.2, 0.25) is 0 Å². The lowest BCUT2D eigenvalue weighted by Gasteiger charge is -2.35. The van der Waals surface area contributed by atoms with Gasteiger partial charge < -0.3 is 4.90 Å². The predicted molar refractivity (Wildman–Crippen MR) is 71.4 cm³/mol. The van der Waals surface area contributed by atoms with E-state index in [0.717, 1.165) is 32.7 Å². The van der Waals surface area contributed by atoms with Crippen LogP contribution in [0, 0.1) is 11.9 Å². The second-order valence-electron chi connectivity index (χ2n) is 5.36. The summed E-state index contributed by atoms with van der Waals surface area (Å²) in [6.45, 7) is 8.71. The van der Waals surface area contributed by atoms with Gasteiger partial charge in [0.1, 0.15) is 0 Å². The van der Waals surface area contributed by atoms with Gasteiger partial charge in [-0.25, -0.2) is 4.98 Å². The number of hydrogen-bond donors (Lipinski definition) is 0. The van der Waals surface area contributed by atoms with Crippen LogP contribution in [0.15, 0.2) is 18.3 Å². The number of hydrogen-bond acceptors (Lipinski definition) is 3. The largest absolute Gasteiger partial charge is 0.336 e. The van der Waals surface area contributed by atoms with E-state index in [1.165, 1.54) is 18.3 Å². The molecule has 0 aromatic carbocycles. The van der Waals surface area contributed by atoms with E-state index in [2.05, 4.69) is 23.7 Å². The molecule has 104 valence electrons. The van der Waals surface area contributed by atoms with Crippen molar-refractivity contribution in [2.75, 3.05) is 32.7 Å². The van der Waals surface area contributed by atoms with Crippen molar-refractivity contribution >= 4 is 5.91 Å². The van der Waals surface area contributed by atoms with Gasteiger partial charge in [-0.3, -0.25) is 9.69 Å². The topological polar surface area (TPSA) is 36.4 Å². The lowest BCUT2D eigenvalue weighted by Crippen LogP contribution is -2.49. The molecule has 2 heterocycles. The van der Waals surface area contributed by atoms with Gasteiger partial charge in [-0.1, -0.05) is 13.8 Å². The molecule has 1 amide bonds. The number of amides is 1. The zero-order chi connectivity index (χ0) is 13.8. The number of carbonyl (C=O) groups is 1. The summed E-state index contributed by atoms with van der Waals surface area (Å²) in [6, 6.07) is 2.72. The van der Waals surface area contributed by atoms with Gasteiger partial charge in [0.15, 0.2) is 0 Å². The van der Waals surface area contributed by atoms with E-state index in [4.69, 9.17) is 0 Å². The number of carbonyl (C=O) groups excluding carboxylic acids is 1. The predicted octanol–water partition coefficient (Wildman–Crippen LogP) is 1.63. The van der Waals surface area contributed by atoms with Gasteiger partial charge in [-0.05, 0) is 18.1 Å². The summed E-state index contributed by atoms with van der Waals surface area (Å²) in [5.74, 6) is 0.0264. The Morgan fingerprint density at radius 3 is 2.53 bits per heavy atom. The van der Waals surface area contributed by atoms with Crippen LogP contribution in [0.25, 0.3) is 0 Å². The first-order valence-corrected chi connectivity index (χ1v) is 6.69. The molecule has 0 spiro atoms. The molecule has 1 aliphatic rings. The van der Waals surface area contributed by atoms with Crippen LogP contribution < -0.4 is 0 Å². The highest BCUT2D eigenvalue weighted by molar-refractivity contribution is 5.93. The molecule has 4 nitrogen and oxygen atoms in total. The van der Waals surface area contributed by atoms with Gasteiger partial charge in [0.2, 0.25) is 5.95 Å². The number of pyridine rings is 1. The monoisotopic (exact) mass is 265 g/mol. The van der Waals surface area contributed by atoms with Gasteiger partial charge in [-0.15, -0.1) is 0 Å². The molecule has 0 unspecified atom stereocenters. The van der Waals surface area contributed by atoms with Crippen molar-refractivity contribution in [1.82, 2.24) is 14.8 Å². The van der Waals surface area contributed by atoms with Crippen molar-refractivity contribution < 1.29 is 9.18 Å². The standard InChI is InChI=1S/C14H20FN3O/c1-11(2)10-17-5-7-18(8-6-17)14(19)12-3-4-13(15)16-9-12/h3-4,9,11H,5-8,10H2,1-2H3. The maximum atomic E-state index is 12.7. The summed E-state index contributed by atoms with van der Waals surface area (Å²) in [4.78, 5) is 19.9. The molecule has 0 radical (unpaired) electrons. The van der Waals surface area contributed by atoms with Gasteiger partial charge in [-0.2, -0.15) is 4.39 Å². The molecule has 1 fully saturated rings. The van der Waals surface area contributed by atoms with Gasteiger partial charge in [0, 0.05) is 38.9 Å². The van der Waals surface area contributed by atoms with E-state index < -0.39 is 5.95 Å². The SMILES string of the molecule is CC(C)CN1CCN(C(=O)c2ccc(F)nc2)CC1. The Labute approximate surface area is 113 Å². The molecule has 0 N–H and O–H groups in total. The maximum absolute atomic E-state index is 12.7. The molecule has 5 heteroatoms. The minimum atomic E-state index is -0.557. The zero-order valence-corrected chi connectivity index (χ0v) is 11.5. The fourth-order valence-electron chi connectivity index (χ4n) is 2.33. The Morgan fingerprint density at radius 1 is 1.32 bits per heavy atom. The summed E-state index contributed by atoms with van der Waals surface area (Å²) in [5.41, 5.74) is 0.457. The molecule has 1 aliphatic heterocycles. The molecular formula is C14H20FN3O. The van der Waals surface area contributed by atoms with Crippen LogP contribution >= 0.6 is 0 Å². The van der Waals surface area contributed by atoms with Gasteiger partial charge in [0.05, 0.1) is 5.56 Å². The average Bonchev–Trinajstić information content (AvgIpc) is 2.39. The van der Waals surface area contributed by atoms with Gasteiger partial charge in [0.25, 0.3) is 5.91 Å². The molecule has 1 saturated heterocycles. The van der Waals surface area contributed by atoms with E-state index in [1.54, 1.807) is 0 Å². The highest BCUT2D eigenvalue weighted by atomic mass is 19.1. The van der Waals surface area contributed by atoms with Gasteiger partial charge >= 0.3 is 0 Å². The molecule has 1 aromatic rings. The van der Waals surface area contributed by atoms with Crippen molar-refractivity contribution in [3.05, 3.63) is 29.8 Å². The molecular weight excluding hydrogens is 245 g/mol. The summed E-state index contributed by atoms with van der Waals surface area (Å²) in [7, 11) is 0. The minimum absolute atomic E-state index is 0.0586. The normalized spacial score (nSPS) is 16.9. The molecule has 2 rings (SSSR count). The van der Waals surface area contributed by atoms with E-state index in [9.17, 15) is 9.18 Å². The first-order chi connectivity index (χ1) is 9.06. The minimum Gasteiger partial charge on any atom is -0.336 e. The van der Waals surface area contributed by atoms with Crippen LogP contribution in [-0.2, 0) is 0 Å². The van der Waals surface area contributed by atoms with Crippen LogP contribution in [0.4, 0.5) is 4.39 Å². The molecule has 1 aromatic heterocycles. The van der Waals surface area contributed by atoms with Crippen molar-refractivity contribution in [3.8, 4) is 0 Å². The summed E-state index contributed by atoms with van der Waals surface area (Å²) < 4.78 is 12.7. The Balaban J connectivity index is 1.90. The van der Waals surface area contributed by atoms with E-state index in [1.807, 2.05) is 4.90 Å². The maximum Gasteiger partial charge on any atom is 0.255 e. The van der Waals surface area contributed by atoms with E-state index >= 15 is 0 Å². The molecule has 0 saturated carbocycles. The molecule has 0 aliphatic carbocycles. The number of nitrogens with zero attached hydrogens (tertiary/aromatic N) is 3. The number of rotatable bonds is 3. The summed E-state index contributed by atoms with van der Waals surface area (Å²) in [6.07, 6.45) is 1.30. The summed E-state index contributed by atoms with van der Waals surface area (Å²) in [5, 5.41) is 0.